The lowest BCUT2D eigenvalue weighted by molar-refractivity contribution is 0.102. The zero-order chi connectivity index (χ0) is 16.8. The Labute approximate surface area is 136 Å². The van der Waals surface area contributed by atoms with E-state index in [1.165, 1.54) is 0 Å². The van der Waals surface area contributed by atoms with Crippen molar-refractivity contribution >= 4 is 17.3 Å². The summed E-state index contributed by atoms with van der Waals surface area (Å²) < 4.78 is 10.8. The minimum atomic E-state index is -0.232. The summed E-state index contributed by atoms with van der Waals surface area (Å²) in [6.45, 7) is 4.81. The first kappa shape index (κ1) is 16.7. The number of nitrogen functional groups attached to an aromatic ring is 1. The van der Waals surface area contributed by atoms with Crippen molar-refractivity contribution in [3.05, 3.63) is 48.0 Å². The molecular formula is C18H22N2O3. The molecule has 0 aromatic heterocycles. The topological polar surface area (TPSA) is 73.6 Å². The Balaban J connectivity index is 2.07. The molecular weight excluding hydrogens is 292 g/mol. The lowest BCUT2D eigenvalue weighted by atomic mass is 10.2. The number of amides is 1. The molecule has 0 unspecified atom stereocenters. The maximum Gasteiger partial charge on any atom is 0.255 e. The highest BCUT2D eigenvalue weighted by molar-refractivity contribution is 6.05. The quantitative estimate of drug-likeness (QED) is 0.800. The van der Waals surface area contributed by atoms with Crippen LogP contribution in [0.4, 0.5) is 11.4 Å². The normalized spacial score (nSPS) is 10.4. The number of nitrogens with two attached hydrogens (primary N) is 1. The van der Waals surface area contributed by atoms with Crippen LogP contribution in [-0.4, -0.2) is 19.6 Å². The molecule has 5 nitrogen and oxygen atoms in total. The molecule has 0 spiro atoms. The van der Waals surface area contributed by atoms with Gasteiger partial charge in [0.15, 0.2) is 0 Å². The van der Waals surface area contributed by atoms with Crippen LogP contribution in [0.1, 0.15) is 24.2 Å². The van der Waals surface area contributed by atoms with E-state index < -0.39 is 0 Å². The van der Waals surface area contributed by atoms with Crippen molar-refractivity contribution in [2.24, 2.45) is 5.92 Å². The number of hydrogen-bond acceptors (Lipinski definition) is 4. The zero-order valence-corrected chi connectivity index (χ0v) is 13.6. The minimum absolute atomic E-state index is 0.232. The van der Waals surface area contributed by atoms with E-state index in [0.717, 1.165) is 5.75 Å². The van der Waals surface area contributed by atoms with Crippen LogP contribution >= 0.6 is 0 Å². The first-order chi connectivity index (χ1) is 11.0. The van der Waals surface area contributed by atoms with E-state index in [0.29, 0.717) is 35.2 Å². The van der Waals surface area contributed by atoms with Crippen molar-refractivity contribution in [1.29, 1.82) is 0 Å². The van der Waals surface area contributed by atoms with E-state index in [9.17, 15) is 4.79 Å². The molecule has 2 aromatic rings. The monoisotopic (exact) mass is 314 g/mol. The van der Waals surface area contributed by atoms with Gasteiger partial charge in [0, 0.05) is 11.3 Å². The third-order valence-electron chi connectivity index (χ3n) is 3.17. The maximum atomic E-state index is 12.3. The van der Waals surface area contributed by atoms with Crippen molar-refractivity contribution in [2.45, 2.75) is 13.8 Å². The number of carbonyl (C=O) groups is 1. The fourth-order valence-corrected chi connectivity index (χ4v) is 1.98. The molecule has 2 rings (SSSR count). The number of carbonyl (C=O) groups excluding carboxylic acids is 1. The van der Waals surface area contributed by atoms with E-state index in [-0.39, 0.29) is 5.91 Å². The predicted octanol–water partition coefficient (Wildman–Crippen LogP) is 3.56. The number of nitrogens with one attached hydrogen (secondary N) is 1. The minimum Gasteiger partial charge on any atom is -0.495 e. The second-order valence-electron chi connectivity index (χ2n) is 5.64. The van der Waals surface area contributed by atoms with Crippen molar-refractivity contribution < 1.29 is 14.3 Å². The van der Waals surface area contributed by atoms with Crippen LogP contribution in [0.5, 0.6) is 11.5 Å². The van der Waals surface area contributed by atoms with Crippen LogP contribution in [0.2, 0.25) is 0 Å². The van der Waals surface area contributed by atoms with Gasteiger partial charge in [-0.05, 0) is 48.4 Å². The van der Waals surface area contributed by atoms with E-state index in [2.05, 4.69) is 19.2 Å². The zero-order valence-electron chi connectivity index (χ0n) is 13.6. The van der Waals surface area contributed by atoms with Crippen molar-refractivity contribution in [2.75, 3.05) is 24.8 Å². The first-order valence-electron chi connectivity index (χ1n) is 7.47. The molecule has 0 radical (unpaired) electrons. The molecule has 0 aliphatic carbocycles. The summed E-state index contributed by atoms with van der Waals surface area (Å²) in [5, 5.41) is 2.80. The van der Waals surface area contributed by atoms with Gasteiger partial charge in [0.2, 0.25) is 0 Å². The number of anilines is 2. The fraction of sp³-hybridized carbons (Fsp3) is 0.278. The van der Waals surface area contributed by atoms with Gasteiger partial charge < -0.3 is 20.5 Å². The highest BCUT2D eigenvalue weighted by atomic mass is 16.5. The molecule has 3 N–H and O–H groups in total. The second kappa shape index (κ2) is 7.54. The van der Waals surface area contributed by atoms with Crippen molar-refractivity contribution in [3.63, 3.8) is 0 Å². The molecule has 0 saturated carbocycles. The molecule has 1 amide bonds. The molecule has 0 atom stereocenters. The van der Waals surface area contributed by atoms with Crippen LogP contribution in [0.3, 0.4) is 0 Å². The summed E-state index contributed by atoms with van der Waals surface area (Å²) in [5.74, 6) is 1.53. The van der Waals surface area contributed by atoms with Crippen LogP contribution in [0, 0.1) is 5.92 Å². The average molecular weight is 314 g/mol. The van der Waals surface area contributed by atoms with E-state index in [4.69, 9.17) is 15.2 Å². The standard InChI is InChI=1S/C18H22N2O3/c1-12(2)11-23-15-7-4-13(5-8-15)18(21)20-16-10-14(19)6-9-17(16)22-3/h4-10,12H,11,19H2,1-3H3,(H,20,21). The lowest BCUT2D eigenvalue weighted by Crippen LogP contribution is -2.13. The van der Waals surface area contributed by atoms with Gasteiger partial charge in [-0.1, -0.05) is 13.8 Å². The van der Waals surface area contributed by atoms with Crippen LogP contribution in [-0.2, 0) is 0 Å². The van der Waals surface area contributed by atoms with Gasteiger partial charge >= 0.3 is 0 Å². The average Bonchev–Trinajstić information content (AvgIpc) is 2.53. The number of benzene rings is 2. The number of ether oxygens (including phenoxy) is 2. The fourth-order valence-electron chi connectivity index (χ4n) is 1.98. The third-order valence-corrected chi connectivity index (χ3v) is 3.17. The van der Waals surface area contributed by atoms with Crippen LogP contribution in [0.25, 0.3) is 0 Å². The summed E-state index contributed by atoms with van der Waals surface area (Å²) in [4.78, 5) is 12.3. The number of hydrogen-bond donors (Lipinski definition) is 2. The molecule has 122 valence electrons. The van der Waals surface area contributed by atoms with Gasteiger partial charge in [-0.2, -0.15) is 0 Å². The van der Waals surface area contributed by atoms with Gasteiger partial charge in [0.25, 0.3) is 5.91 Å². The Morgan fingerprint density at radius 3 is 2.48 bits per heavy atom. The molecule has 5 heteroatoms. The van der Waals surface area contributed by atoms with Gasteiger partial charge in [-0.25, -0.2) is 0 Å². The Hall–Kier alpha value is -2.69. The molecule has 23 heavy (non-hydrogen) atoms. The van der Waals surface area contributed by atoms with Crippen molar-refractivity contribution in [1.82, 2.24) is 0 Å². The van der Waals surface area contributed by atoms with Crippen LogP contribution < -0.4 is 20.5 Å². The third kappa shape index (κ3) is 4.64. The van der Waals surface area contributed by atoms with Gasteiger partial charge in [-0.15, -0.1) is 0 Å². The molecule has 0 aliphatic heterocycles. The van der Waals surface area contributed by atoms with Gasteiger partial charge in [-0.3, -0.25) is 4.79 Å². The highest BCUT2D eigenvalue weighted by Crippen LogP contribution is 2.27. The molecule has 2 aromatic carbocycles. The van der Waals surface area contributed by atoms with Gasteiger partial charge in [0.05, 0.1) is 19.4 Å². The molecule has 0 saturated heterocycles. The molecule has 0 aliphatic rings. The molecule has 0 fully saturated rings. The summed E-state index contributed by atoms with van der Waals surface area (Å²) in [6, 6.07) is 12.1. The summed E-state index contributed by atoms with van der Waals surface area (Å²) in [6.07, 6.45) is 0. The maximum absolute atomic E-state index is 12.3. The second-order valence-corrected chi connectivity index (χ2v) is 5.64. The first-order valence-corrected chi connectivity index (χ1v) is 7.47. The SMILES string of the molecule is COc1ccc(N)cc1NC(=O)c1ccc(OCC(C)C)cc1. The summed E-state index contributed by atoms with van der Waals surface area (Å²) in [5.41, 5.74) is 7.38. The number of methoxy groups -OCH3 is 1. The molecule has 0 heterocycles. The molecule has 0 bridgehead atoms. The van der Waals surface area contributed by atoms with E-state index in [1.807, 2.05) is 0 Å². The Kier molecular flexibility index (Phi) is 5.46. The Morgan fingerprint density at radius 2 is 1.87 bits per heavy atom. The highest BCUT2D eigenvalue weighted by Gasteiger charge is 2.10. The summed E-state index contributed by atoms with van der Waals surface area (Å²) >= 11 is 0. The lowest BCUT2D eigenvalue weighted by Gasteiger charge is -2.12. The largest absolute Gasteiger partial charge is 0.495 e. The summed E-state index contributed by atoms with van der Waals surface area (Å²) in [7, 11) is 1.54. The smallest absolute Gasteiger partial charge is 0.255 e. The predicted molar refractivity (Wildman–Crippen MR) is 92.1 cm³/mol. The van der Waals surface area contributed by atoms with Crippen molar-refractivity contribution in [3.8, 4) is 11.5 Å². The van der Waals surface area contributed by atoms with E-state index in [1.54, 1.807) is 49.6 Å². The van der Waals surface area contributed by atoms with E-state index >= 15 is 0 Å². The Bertz CT molecular complexity index is 666. The number of rotatable bonds is 6. The van der Waals surface area contributed by atoms with Crippen LogP contribution in [0.15, 0.2) is 42.5 Å². The Morgan fingerprint density at radius 1 is 1.17 bits per heavy atom. The van der Waals surface area contributed by atoms with Gasteiger partial charge in [0.1, 0.15) is 11.5 Å².